The Morgan fingerprint density at radius 3 is 2.58 bits per heavy atom. The smallest absolute Gasteiger partial charge is 0.423 e. The van der Waals surface area contributed by atoms with Crippen molar-refractivity contribution in [1.82, 2.24) is 0 Å². The molecular weight excluding hydrogens is 155 g/mol. The fourth-order valence-electron chi connectivity index (χ4n) is 1.08. The lowest BCUT2D eigenvalue weighted by molar-refractivity contribution is 0.112. The molecule has 0 aromatic heterocycles. The van der Waals surface area contributed by atoms with Gasteiger partial charge in [0.05, 0.1) is 0 Å². The first kappa shape index (κ1) is 8.97. The average Bonchev–Trinajstić information content (AvgIpc) is 2.04. The first-order chi connectivity index (χ1) is 5.66. The summed E-state index contributed by atoms with van der Waals surface area (Å²) in [4.78, 5) is 10.4. The normalized spacial score (nSPS) is 9.58. The van der Waals surface area contributed by atoms with Gasteiger partial charge in [-0.3, -0.25) is 4.79 Å². The third-order valence-corrected chi connectivity index (χ3v) is 1.82. The van der Waals surface area contributed by atoms with Crippen LogP contribution in [0.25, 0.3) is 0 Å². The Morgan fingerprint density at radius 1 is 1.42 bits per heavy atom. The van der Waals surface area contributed by atoms with Gasteiger partial charge in [0.15, 0.2) is 0 Å². The molecule has 0 saturated heterocycles. The molecular formula is C8H9BO3. The Morgan fingerprint density at radius 2 is 2.08 bits per heavy atom. The van der Waals surface area contributed by atoms with Crippen LogP contribution in [-0.4, -0.2) is 23.5 Å². The van der Waals surface area contributed by atoms with E-state index in [-0.39, 0.29) is 0 Å². The Bertz CT molecular complexity index is 296. The number of carbonyl (C=O) groups excluding carboxylic acids is 1. The number of hydrogen-bond donors (Lipinski definition) is 2. The molecule has 4 heteroatoms. The van der Waals surface area contributed by atoms with E-state index in [4.69, 9.17) is 10.0 Å². The van der Waals surface area contributed by atoms with E-state index < -0.39 is 7.12 Å². The first-order valence-electron chi connectivity index (χ1n) is 3.57. The predicted octanol–water partition coefficient (Wildman–Crippen LogP) is -0.513. The summed E-state index contributed by atoms with van der Waals surface area (Å²) in [5, 5.41) is 17.7. The molecule has 1 aromatic carbocycles. The van der Waals surface area contributed by atoms with E-state index in [1.54, 1.807) is 25.1 Å². The SMILES string of the molecule is Cc1c(C=O)cccc1B(O)O. The van der Waals surface area contributed by atoms with Gasteiger partial charge in [-0.1, -0.05) is 18.2 Å². The molecule has 0 fully saturated rings. The van der Waals surface area contributed by atoms with Crippen LogP contribution in [0, 0.1) is 6.92 Å². The fraction of sp³-hybridized carbons (Fsp3) is 0.125. The zero-order valence-electron chi connectivity index (χ0n) is 6.69. The number of benzene rings is 1. The second-order valence-electron chi connectivity index (χ2n) is 2.55. The lowest BCUT2D eigenvalue weighted by atomic mass is 9.76. The van der Waals surface area contributed by atoms with Crippen LogP contribution in [0.15, 0.2) is 18.2 Å². The van der Waals surface area contributed by atoms with E-state index in [1.807, 2.05) is 0 Å². The summed E-state index contributed by atoms with van der Waals surface area (Å²) in [5.74, 6) is 0. The van der Waals surface area contributed by atoms with Gasteiger partial charge in [0, 0.05) is 5.56 Å². The van der Waals surface area contributed by atoms with Crippen LogP contribution < -0.4 is 5.46 Å². The summed E-state index contributed by atoms with van der Waals surface area (Å²) in [5.41, 5.74) is 1.47. The van der Waals surface area contributed by atoms with Crippen molar-refractivity contribution in [2.24, 2.45) is 0 Å². The van der Waals surface area contributed by atoms with Crippen molar-refractivity contribution >= 4 is 18.9 Å². The van der Waals surface area contributed by atoms with Gasteiger partial charge in [-0.2, -0.15) is 0 Å². The van der Waals surface area contributed by atoms with Crippen LogP contribution in [0.2, 0.25) is 0 Å². The summed E-state index contributed by atoms with van der Waals surface area (Å²) in [7, 11) is -1.51. The Balaban J connectivity index is 3.22. The minimum Gasteiger partial charge on any atom is -0.423 e. The van der Waals surface area contributed by atoms with Crippen LogP contribution >= 0.6 is 0 Å². The molecule has 3 nitrogen and oxygen atoms in total. The molecule has 0 radical (unpaired) electrons. The molecule has 0 atom stereocenters. The summed E-state index contributed by atoms with van der Waals surface area (Å²) in [6.07, 6.45) is 0.696. The number of hydrogen-bond acceptors (Lipinski definition) is 3. The molecule has 0 aliphatic rings. The highest BCUT2D eigenvalue weighted by molar-refractivity contribution is 6.59. The van der Waals surface area contributed by atoms with Gasteiger partial charge in [0.2, 0.25) is 0 Å². The number of rotatable bonds is 2. The van der Waals surface area contributed by atoms with Crippen molar-refractivity contribution in [2.45, 2.75) is 6.92 Å². The summed E-state index contributed by atoms with van der Waals surface area (Å²) in [6, 6.07) is 4.83. The van der Waals surface area contributed by atoms with Crippen molar-refractivity contribution in [3.63, 3.8) is 0 Å². The van der Waals surface area contributed by atoms with E-state index in [1.165, 1.54) is 0 Å². The van der Waals surface area contributed by atoms with Gasteiger partial charge in [-0.25, -0.2) is 0 Å². The van der Waals surface area contributed by atoms with E-state index in [2.05, 4.69) is 0 Å². The van der Waals surface area contributed by atoms with Crippen LogP contribution in [0.1, 0.15) is 15.9 Å². The molecule has 0 spiro atoms. The predicted molar refractivity (Wildman–Crippen MR) is 46.4 cm³/mol. The Hall–Kier alpha value is -1.13. The zero-order chi connectivity index (χ0) is 9.14. The van der Waals surface area contributed by atoms with Crippen LogP contribution in [-0.2, 0) is 0 Å². The van der Waals surface area contributed by atoms with E-state index in [0.717, 1.165) is 0 Å². The van der Waals surface area contributed by atoms with Crippen molar-refractivity contribution in [3.8, 4) is 0 Å². The fourth-order valence-corrected chi connectivity index (χ4v) is 1.08. The molecule has 1 aromatic rings. The lowest BCUT2D eigenvalue weighted by Gasteiger charge is -2.05. The van der Waals surface area contributed by atoms with E-state index >= 15 is 0 Å². The molecule has 0 aliphatic carbocycles. The number of aldehydes is 1. The summed E-state index contributed by atoms with van der Waals surface area (Å²) < 4.78 is 0. The monoisotopic (exact) mass is 164 g/mol. The summed E-state index contributed by atoms with van der Waals surface area (Å²) in [6.45, 7) is 1.68. The topological polar surface area (TPSA) is 57.5 Å². The largest absolute Gasteiger partial charge is 0.488 e. The zero-order valence-corrected chi connectivity index (χ0v) is 6.69. The molecule has 62 valence electrons. The van der Waals surface area contributed by atoms with Gasteiger partial charge in [0.1, 0.15) is 6.29 Å². The molecule has 0 heterocycles. The van der Waals surface area contributed by atoms with Crippen molar-refractivity contribution in [1.29, 1.82) is 0 Å². The quantitative estimate of drug-likeness (QED) is 0.457. The highest BCUT2D eigenvalue weighted by Gasteiger charge is 2.14. The highest BCUT2D eigenvalue weighted by Crippen LogP contribution is 2.01. The van der Waals surface area contributed by atoms with Gasteiger partial charge in [-0.05, 0) is 17.9 Å². The van der Waals surface area contributed by atoms with E-state index in [9.17, 15) is 4.79 Å². The maximum absolute atomic E-state index is 10.4. The third-order valence-electron chi connectivity index (χ3n) is 1.82. The van der Waals surface area contributed by atoms with Gasteiger partial charge >= 0.3 is 7.12 Å². The van der Waals surface area contributed by atoms with Crippen LogP contribution in [0.4, 0.5) is 0 Å². The molecule has 0 saturated carbocycles. The third kappa shape index (κ3) is 1.54. The lowest BCUT2D eigenvalue weighted by Crippen LogP contribution is -2.32. The average molecular weight is 164 g/mol. The maximum atomic E-state index is 10.4. The molecule has 0 unspecified atom stereocenters. The summed E-state index contributed by atoms with van der Waals surface area (Å²) >= 11 is 0. The van der Waals surface area contributed by atoms with Crippen molar-refractivity contribution in [3.05, 3.63) is 29.3 Å². The second-order valence-corrected chi connectivity index (χ2v) is 2.55. The second kappa shape index (κ2) is 3.52. The first-order valence-corrected chi connectivity index (χ1v) is 3.57. The van der Waals surface area contributed by atoms with Crippen LogP contribution in [0.5, 0.6) is 0 Å². The Labute approximate surface area is 70.8 Å². The molecule has 0 amide bonds. The Kier molecular flexibility index (Phi) is 2.63. The standard InChI is InChI=1S/C8H9BO3/c1-6-7(5-10)3-2-4-8(6)9(11)12/h2-5,11-12H,1H3. The van der Waals surface area contributed by atoms with Gasteiger partial charge < -0.3 is 10.0 Å². The van der Waals surface area contributed by atoms with E-state index in [0.29, 0.717) is 22.9 Å². The maximum Gasteiger partial charge on any atom is 0.488 e. The minimum absolute atomic E-state index is 0.375. The number of carbonyl (C=O) groups is 1. The highest BCUT2D eigenvalue weighted by atomic mass is 16.4. The molecule has 0 bridgehead atoms. The molecule has 2 N–H and O–H groups in total. The van der Waals surface area contributed by atoms with Gasteiger partial charge in [-0.15, -0.1) is 0 Å². The van der Waals surface area contributed by atoms with Crippen LogP contribution in [0.3, 0.4) is 0 Å². The minimum atomic E-state index is -1.51. The molecule has 1 rings (SSSR count). The van der Waals surface area contributed by atoms with Crippen molar-refractivity contribution < 1.29 is 14.8 Å². The van der Waals surface area contributed by atoms with Gasteiger partial charge in [0.25, 0.3) is 0 Å². The molecule has 0 aliphatic heterocycles. The van der Waals surface area contributed by atoms with Crippen molar-refractivity contribution in [2.75, 3.05) is 0 Å². The molecule has 12 heavy (non-hydrogen) atoms.